The summed E-state index contributed by atoms with van der Waals surface area (Å²) in [6.45, 7) is 6.38. The van der Waals surface area contributed by atoms with Crippen LogP contribution in [-0.2, 0) is 9.53 Å². The highest BCUT2D eigenvalue weighted by Crippen LogP contribution is 2.22. The summed E-state index contributed by atoms with van der Waals surface area (Å²) < 4.78 is 4.98. The molecule has 0 bridgehead atoms. The van der Waals surface area contributed by atoms with Crippen LogP contribution in [0.15, 0.2) is 24.3 Å². The molecule has 1 aromatic rings. The fourth-order valence-electron chi connectivity index (χ4n) is 3.35. The molecule has 0 spiro atoms. The van der Waals surface area contributed by atoms with Gasteiger partial charge in [-0.05, 0) is 26.0 Å². The highest BCUT2D eigenvalue weighted by molar-refractivity contribution is 5.96. The van der Waals surface area contributed by atoms with Gasteiger partial charge in [-0.2, -0.15) is 0 Å². The van der Waals surface area contributed by atoms with E-state index in [-0.39, 0.29) is 24.1 Å². The molecule has 0 unspecified atom stereocenters. The van der Waals surface area contributed by atoms with Crippen molar-refractivity contribution >= 4 is 23.7 Å². The van der Waals surface area contributed by atoms with E-state index in [0.717, 1.165) is 11.3 Å². The molecule has 2 fully saturated rings. The van der Waals surface area contributed by atoms with Crippen LogP contribution < -0.4 is 10.2 Å². The molecule has 2 aliphatic heterocycles. The van der Waals surface area contributed by atoms with Gasteiger partial charge in [-0.3, -0.25) is 4.79 Å². The van der Waals surface area contributed by atoms with Gasteiger partial charge in [0.15, 0.2) is 0 Å². The topological polar surface area (TPSA) is 82.2 Å². The number of piperazine rings is 1. The first-order chi connectivity index (χ1) is 13.0. The maximum Gasteiger partial charge on any atom is 0.409 e. The fourth-order valence-corrected chi connectivity index (χ4v) is 3.35. The normalized spacial score (nSPS) is 20.0. The average molecular weight is 374 g/mol. The quantitative estimate of drug-likeness (QED) is 0.871. The number of hydrogen-bond acceptors (Lipinski definition) is 4. The zero-order valence-electron chi connectivity index (χ0n) is 15.8. The van der Waals surface area contributed by atoms with Crippen molar-refractivity contribution < 1.29 is 19.1 Å². The van der Waals surface area contributed by atoms with Gasteiger partial charge in [0.25, 0.3) is 0 Å². The summed E-state index contributed by atoms with van der Waals surface area (Å²) in [6.07, 6.45) is -0.0460. The number of rotatable bonds is 3. The summed E-state index contributed by atoms with van der Waals surface area (Å²) in [7, 11) is 0. The number of anilines is 1. The van der Waals surface area contributed by atoms with Crippen LogP contribution >= 0.6 is 0 Å². The average Bonchev–Trinajstić information content (AvgIpc) is 3.02. The highest BCUT2D eigenvalue weighted by Gasteiger charge is 2.33. The van der Waals surface area contributed by atoms with Crippen LogP contribution in [0.25, 0.3) is 0 Å². The van der Waals surface area contributed by atoms with Crippen LogP contribution in [0.5, 0.6) is 0 Å². The molecule has 2 heterocycles. The van der Waals surface area contributed by atoms with Gasteiger partial charge in [0.2, 0.25) is 5.91 Å². The molecule has 4 amide bonds. The minimum absolute atomic E-state index is 0.0104. The summed E-state index contributed by atoms with van der Waals surface area (Å²) in [5.74, 6) is 0.0104. The molecule has 8 nitrogen and oxygen atoms in total. The van der Waals surface area contributed by atoms with E-state index in [4.69, 9.17) is 4.74 Å². The lowest BCUT2D eigenvalue weighted by Gasteiger charge is -2.34. The predicted molar refractivity (Wildman–Crippen MR) is 101 cm³/mol. The smallest absolute Gasteiger partial charge is 0.409 e. The minimum Gasteiger partial charge on any atom is -0.450 e. The Morgan fingerprint density at radius 1 is 1.11 bits per heavy atom. The molecule has 0 aromatic heterocycles. The van der Waals surface area contributed by atoms with Crippen LogP contribution in [0.4, 0.5) is 15.3 Å². The van der Waals surface area contributed by atoms with Crippen molar-refractivity contribution in [2.75, 3.05) is 44.2 Å². The monoisotopic (exact) mass is 374 g/mol. The van der Waals surface area contributed by atoms with Crippen molar-refractivity contribution in [1.82, 2.24) is 15.1 Å². The van der Waals surface area contributed by atoms with Crippen molar-refractivity contribution in [3.8, 4) is 0 Å². The lowest BCUT2D eigenvalue weighted by Crippen LogP contribution is -2.54. The van der Waals surface area contributed by atoms with E-state index in [9.17, 15) is 14.4 Å². The maximum absolute atomic E-state index is 12.5. The predicted octanol–water partition coefficient (Wildman–Crippen LogP) is 1.58. The van der Waals surface area contributed by atoms with Crippen LogP contribution in [-0.4, -0.2) is 73.2 Å². The van der Waals surface area contributed by atoms with Gasteiger partial charge in [-0.25, -0.2) is 9.59 Å². The number of hydrogen-bond donors (Lipinski definition) is 1. The van der Waals surface area contributed by atoms with E-state index >= 15 is 0 Å². The number of nitrogens with one attached hydrogen (secondary N) is 1. The van der Waals surface area contributed by atoms with Crippen LogP contribution in [0.2, 0.25) is 0 Å². The zero-order valence-corrected chi connectivity index (χ0v) is 15.8. The zero-order chi connectivity index (χ0) is 19.4. The second-order valence-electron chi connectivity index (χ2n) is 6.86. The van der Waals surface area contributed by atoms with E-state index in [0.29, 0.717) is 45.8 Å². The van der Waals surface area contributed by atoms with Crippen molar-refractivity contribution in [3.63, 3.8) is 0 Å². The van der Waals surface area contributed by atoms with Crippen LogP contribution in [0, 0.1) is 6.92 Å². The SMILES string of the molecule is CCOC(=O)N1CCN(C(=O)N[C@@H]2CC(=O)N(c3ccc(C)cc3)C2)CC1. The summed E-state index contributed by atoms with van der Waals surface area (Å²) >= 11 is 0. The largest absolute Gasteiger partial charge is 0.450 e. The van der Waals surface area contributed by atoms with Crippen molar-refractivity contribution in [3.05, 3.63) is 29.8 Å². The van der Waals surface area contributed by atoms with Gasteiger partial charge in [-0.1, -0.05) is 17.7 Å². The molecular formula is C19H26N4O4. The van der Waals surface area contributed by atoms with Crippen LogP contribution in [0.1, 0.15) is 18.9 Å². The van der Waals surface area contributed by atoms with E-state index in [1.165, 1.54) is 0 Å². The number of ether oxygens (including phenoxy) is 1. The number of carbonyl (C=O) groups excluding carboxylic acids is 3. The first kappa shape index (κ1) is 19.0. The van der Waals surface area contributed by atoms with E-state index < -0.39 is 0 Å². The molecule has 1 N–H and O–H groups in total. The third kappa shape index (κ3) is 4.50. The lowest BCUT2D eigenvalue weighted by atomic mass is 10.2. The number of nitrogens with zero attached hydrogens (tertiary/aromatic N) is 3. The number of urea groups is 1. The van der Waals surface area contributed by atoms with Gasteiger partial charge in [0.05, 0.1) is 12.6 Å². The number of amides is 4. The second-order valence-corrected chi connectivity index (χ2v) is 6.86. The van der Waals surface area contributed by atoms with Crippen LogP contribution in [0.3, 0.4) is 0 Å². The lowest BCUT2D eigenvalue weighted by molar-refractivity contribution is -0.117. The third-order valence-corrected chi connectivity index (χ3v) is 4.89. The summed E-state index contributed by atoms with van der Waals surface area (Å²) in [4.78, 5) is 41.5. The number of carbonyl (C=O) groups is 3. The number of aryl methyl sites for hydroxylation is 1. The van der Waals surface area contributed by atoms with Crippen molar-refractivity contribution in [2.45, 2.75) is 26.3 Å². The van der Waals surface area contributed by atoms with Gasteiger partial charge in [0, 0.05) is 44.8 Å². The molecule has 1 aromatic carbocycles. The molecule has 8 heteroatoms. The maximum atomic E-state index is 12.5. The van der Waals surface area contributed by atoms with Gasteiger partial charge in [-0.15, -0.1) is 0 Å². The fraction of sp³-hybridized carbons (Fsp3) is 0.526. The Balaban J connectivity index is 1.50. The second kappa shape index (κ2) is 8.28. The first-order valence-corrected chi connectivity index (χ1v) is 9.32. The van der Waals surface area contributed by atoms with E-state index in [2.05, 4.69) is 5.32 Å². The molecule has 0 radical (unpaired) electrons. The summed E-state index contributed by atoms with van der Waals surface area (Å²) in [6, 6.07) is 7.38. The number of benzene rings is 1. The van der Waals surface area contributed by atoms with Gasteiger partial charge >= 0.3 is 12.1 Å². The molecule has 0 saturated carbocycles. The Hall–Kier alpha value is -2.77. The minimum atomic E-state index is -0.340. The molecule has 27 heavy (non-hydrogen) atoms. The molecular weight excluding hydrogens is 348 g/mol. The highest BCUT2D eigenvalue weighted by atomic mass is 16.6. The Morgan fingerprint density at radius 2 is 1.74 bits per heavy atom. The summed E-state index contributed by atoms with van der Waals surface area (Å²) in [5, 5.41) is 2.95. The molecule has 0 aliphatic carbocycles. The van der Waals surface area contributed by atoms with Crippen molar-refractivity contribution in [1.29, 1.82) is 0 Å². The molecule has 146 valence electrons. The molecule has 3 rings (SSSR count). The van der Waals surface area contributed by atoms with Gasteiger partial charge in [0.1, 0.15) is 0 Å². The standard InChI is InChI=1S/C19H26N4O4/c1-3-27-19(26)22-10-8-21(9-11-22)18(25)20-15-12-17(24)23(13-15)16-6-4-14(2)5-7-16/h4-7,15H,3,8-13H2,1-2H3,(H,20,25)/t15-/m1/s1. The first-order valence-electron chi connectivity index (χ1n) is 9.32. The molecule has 2 saturated heterocycles. The van der Waals surface area contributed by atoms with Crippen molar-refractivity contribution in [2.24, 2.45) is 0 Å². The Morgan fingerprint density at radius 3 is 2.37 bits per heavy atom. The Kier molecular flexibility index (Phi) is 5.83. The Labute approximate surface area is 159 Å². The van der Waals surface area contributed by atoms with Gasteiger partial charge < -0.3 is 24.8 Å². The summed E-state index contributed by atoms with van der Waals surface area (Å²) in [5.41, 5.74) is 1.99. The third-order valence-electron chi connectivity index (χ3n) is 4.89. The van der Waals surface area contributed by atoms with E-state index in [1.54, 1.807) is 21.6 Å². The molecule has 1 atom stereocenters. The Bertz CT molecular complexity index is 698. The molecule has 2 aliphatic rings. The van der Waals surface area contributed by atoms with E-state index in [1.807, 2.05) is 31.2 Å².